The SMILES string of the molecule is CCCN(CCCCCCN1CCC[C@H]1Cc1ccc(O)c(O)c1)CCc1ccc(O)c(O)c1. The molecule has 0 spiro atoms. The van der Waals surface area contributed by atoms with Crippen LogP contribution in [0.5, 0.6) is 23.0 Å². The molecule has 188 valence electrons. The maximum Gasteiger partial charge on any atom is 0.157 e. The number of hydrogen-bond acceptors (Lipinski definition) is 6. The first-order valence-corrected chi connectivity index (χ1v) is 12.9. The first-order chi connectivity index (χ1) is 16.5. The Kier molecular flexibility index (Phi) is 10.4. The Bertz CT molecular complexity index is 889. The second-order valence-corrected chi connectivity index (χ2v) is 9.69. The van der Waals surface area contributed by atoms with Crippen LogP contribution in [0.1, 0.15) is 63.0 Å². The first kappa shape index (κ1) is 26.2. The van der Waals surface area contributed by atoms with E-state index < -0.39 is 0 Å². The lowest BCUT2D eigenvalue weighted by atomic mass is 10.0. The van der Waals surface area contributed by atoms with Crippen LogP contribution in [-0.4, -0.2) is 69.0 Å². The molecular formula is C28H42N2O4. The summed E-state index contributed by atoms with van der Waals surface area (Å²) in [5.41, 5.74) is 2.14. The van der Waals surface area contributed by atoms with Crippen molar-refractivity contribution in [3.63, 3.8) is 0 Å². The molecule has 2 aromatic carbocycles. The van der Waals surface area contributed by atoms with Gasteiger partial charge in [0.25, 0.3) is 0 Å². The molecule has 1 saturated heterocycles. The predicted molar refractivity (Wildman–Crippen MR) is 137 cm³/mol. The third-order valence-electron chi connectivity index (χ3n) is 6.98. The molecular weight excluding hydrogens is 428 g/mol. The second kappa shape index (κ2) is 13.4. The molecule has 1 heterocycles. The van der Waals surface area contributed by atoms with Crippen molar-refractivity contribution in [3.8, 4) is 23.0 Å². The summed E-state index contributed by atoms with van der Waals surface area (Å²) in [6.07, 6.45) is 10.3. The molecule has 1 atom stereocenters. The highest BCUT2D eigenvalue weighted by Gasteiger charge is 2.24. The number of benzene rings is 2. The summed E-state index contributed by atoms with van der Waals surface area (Å²) in [5, 5.41) is 38.5. The van der Waals surface area contributed by atoms with Gasteiger partial charge in [-0.15, -0.1) is 0 Å². The van der Waals surface area contributed by atoms with E-state index in [1.54, 1.807) is 24.3 Å². The molecule has 6 nitrogen and oxygen atoms in total. The third kappa shape index (κ3) is 8.10. The molecule has 1 aliphatic rings. The van der Waals surface area contributed by atoms with Gasteiger partial charge in [0, 0.05) is 12.6 Å². The van der Waals surface area contributed by atoms with Crippen LogP contribution in [-0.2, 0) is 12.8 Å². The van der Waals surface area contributed by atoms with E-state index >= 15 is 0 Å². The van der Waals surface area contributed by atoms with Crippen LogP contribution in [0.3, 0.4) is 0 Å². The highest BCUT2D eigenvalue weighted by Crippen LogP contribution is 2.28. The summed E-state index contributed by atoms with van der Waals surface area (Å²) in [7, 11) is 0. The van der Waals surface area contributed by atoms with Crippen molar-refractivity contribution < 1.29 is 20.4 Å². The van der Waals surface area contributed by atoms with Gasteiger partial charge in [0.15, 0.2) is 23.0 Å². The van der Waals surface area contributed by atoms with Gasteiger partial charge in [-0.3, -0.25) is 0 Å². The molecule has 0 aromatic heterocycles. The van der Waals surface area contributed by atoms with E-state index in [2.05, 4.69) is 16.7 Å². The number of phenolic OH excluding ortho intramolecular Hbond substituents is 4. The maximum atomic E-state index is 9.76. The second-order valence-electron chi connectivity index (χ2n) is 9.69. The van der Waals surface area contributed by atoms with E-state index in [-0.39, 0.29) is 23.0 Å². The molecule has 6 heteroatoms. The summed E-state index contributed by atoms with van der Waals surface area (Å²) in [6.45, 7) is 7.68. The van der Waals surface area contributed by atoms with Crippen molar-refractivity contribution in [1.29, 1.82) is 0 Å². The van der Waals surface area contributed by atoms with Gasteiger partial charge in [-0.05, 0) is 107 Å². The Morgan fingerprint density at radius 3 is 2.18 bits per heavy atom. The standard InChI is InChI=1S/C28H42N2O4/c1-2-14-29(18-13-22-9-11-25(31)27(33)20-22)15-5-3-4-6-16-30-17-7-8-24(30)19-23-10-12-26(32)28(34)21-23/h9-12,20-21,24,31-34H,2-8,13-19H2,1H3/t24-/m0/s1. The Hall–Kier alpha value is -2.44. The van der Waals surface area contributed by atoms with E-state index in [1.807, 2.05) is 12.1 Å². The molecule has 0 radical (unpaired) electrons. The van der Waals surface area contributed by atoms with Crippen molar-refractivity contribution in [3.05, 3.63) is 47.5 Å². The number of nitrogens with zero attached hydrogens (tertiary/aromatic N) is 2. The minimum atomic E-state index is -0.0610. The zero-order chi connectivity index (χ0) is 24.3. The number of hydrogen-bond donors (Lipinski definition) is 4. The summed E-state index contributed by atoms with van der Waals surface area (Å²) < 4.78 is 0. The molecule has 0 saturated carbocycles. The largest absolute Gasteiger partial charge is 0.504 e. The Balaban J connectivity index is 1.32. The normalized spacial score (nSPS) is 16.5. The van der Waals surface area contributed by atoms with Gasteiger partial charge >= 0.3 is 0 Å². The summed E-state index contributed by atoms with van der Waals surface area (Å²) in [4.78, 5) is 5.10. The fourth-order valence-electron chi connectivity index (χ4n) is 5.06. The van der Waals surface area contributed by atoms with Crippen molar-refractivity contribution in [2.45, 2.75) is 70.8 Å². The molecule has 0 unspecified atom stereocenters. The zero-order valence-corrected chi connectivity index (χ0v) is 20.6. The smallest absolute Gasteiger partial charge is 0.157 e. The van der Waals surface area contributed by atoms with Crippen molar-refractivity contribution >= 4 is 0 Å². The average Bonchev–Trinajstić information content (AvgIpc) is 3.25. The fourth-order valence-corrected chi connectivity index (χ4v) is 5.06. The van der Waals surface area contributed by atoms with Crippen molar-refractivity contribution in [2.24, 2.45) is 0 Å². The number of rotatable bonds is 14. The number of aromatic hydroxyl groups is 4. The highest BCUT2D eigenvalue weighted by atomic mass is 16.3. The van der Waals surface area contributed by atoms with Crippen LogP contribution < -0.4 is 0 Å². The molecule has 1 aliphatic heterocycles. The highest BCUT2D eigenvalue weighted by molar-refractivity contribution is 5.41. The van der Waals surface area contributed by atoms with E-state index in [9.17, 15) is 20.4 Å². The minimum Gasteiger partial charge on any atom is -0.504 e. The Morgan fingerprint density at radius 2 is 1.47 bits per heavy atom. The number of unbranched alkanes of at least 4 members (excludes halogenated alkanes) is 3. The van der Waals surface area contributed by atoms with Crippen molar-refractivity contribution in [2.75, 3.05) is 32.7 Å². The Labute approximate surface area is 204 Å². The third-order valence-corrected chi connectivity index (χ3v) is 6.98. The van der Waals surface area contributed by atoms with E-state index in [4.69, 9.17) is 0 Å². The van der Waals surface area contributed by atoms with Crippen LogP contribution in [0.25, 0.3) is 0 Å². The minimum absolute atomic E-state index is 0.0274. The van der Waals surface area contributed by atoms with E-state index in [1.165, 1.54) is 38.5 Å². The van der Waals surface area contributed by atoms with Gasteiger partial charge in [0.1, 0.15) is 0 Å². The molecule has 0 amide bonds. The molecule has 1 fully saturated rings. The van der Waals surface area contributed by atoms with Gasteiger partial charge in [-0.25, -0.2) is 0 Å². The molecule has 2 aromatic rings. The van der Waals surface area contributed by atoms with Gasteiger partial charge in [0.2, 0.25) is 0 Å². The topological polar surface area (TPSA) is 87.4 Å². The maximum absolute atomic E-state index is 9.76. The summed E-state index contributed by atoms with van der Waals surface area (Å²) >= 11 is 0. The molecule has 34 heavy (non-hydrogen) atoms. The monoisotopic (exact) mass is 470 g/mol. The van der Waals surface area contributed by atoms with Crippen molar-refractivity contribution in [1.82, 2.24) is 9.80 Å². The lowest BCUT2D eigenvalue weighted by Crippen LogP contribution is -2.32. The average molecular weight is 471 g/mol. The molecule has 4 N–H and O–H groups in total. The predicted octanol–water partition coefficient (Wildman–Crippen LogP) is 5.03. The molecule has 0 bridgehead atoms. The van der Waals surface area contributed by atoms with Gasteiger partial charge < -0.3 is 30.2 Å². The van der Waals surface area contributed by atoms with Gasteiger partial charge in [-0.1, -0.05) is 31.9 Å². The molecule has 3 rings (SSSR count). The van der Waals surface area contributed by atoms with Gasteiger partial charge in [0.05, 0.1) is 0 Å². The lowest BCUT2D eigenvalue weighted by Gasteiger charge is -2.25. The number of likely N-dealkylation sites (tertiary alicyclic amines) is 1. The van der Waals surface area contributed by atoms with E-state index in [0.717, 1.165) is 63.1 Å². The lowest BCUT2D eigenvalue weighted by molar-refractivity contribution is 0.242. The quantitative estimate of drug-likeness (QED) is 0.229. The zero-order valence-electron chi connectivity index (χ0n) is 20.6. The Morgan fingerprint density at radius 1 is 0.794 bits per heavy atom. The molecule has 0 aliphatic carbocycles. The van der Waals surface area contributed by atoms with Crippen LogP contribution in [0.15, 0.2) is 36.4 Å². The van der Waals surface area contributed by atoms with Crippen LogP contribution >= 0.6 is 0 Å². The van der Waals surface area contributed by atoms with Crippen LogP contribution in [0, 0.1) is 0 Å². The van der Waals surface area contributed by atoms with Crippen LogP contribution in [0.4, 0.5) is 0 Å². The number of phenols is 4. The fraction of sp³-hybridized carbons (Fsp3) is 0.571. The van der Waals surface area contributed by atoms with Gasteiger partial charge in [-0.2, -0.15) is 0 Å². The summed E-state index contributed by atoms with van der Waals surface area (Å²) in [6, 6.07) is 10.8. The first-order valence-electron chi connectivity index (χ1n) is 12.9. The van der Waals surface area contributed by atoms with Crippen LogP contribution in [0.2, 0.25) is 0 Å². The summed E-state index contributed by atoms with van der Waals surface area (Å²) in [5.74, 6) is -0.181. The van der Waals surface area contributed by atoms with E-state index in [0.29, 0.717) is 6.04 Å².